The molecule has 5 nitrogen and oxygen atoms in total. The number of furan rings is 1. The molecule has 1 aromatic heterocycles. The highest BCUT2D eigenvalue weighted by molar-refractivity contribution is 5.95. The zero-order valence-electron chi connectivity index (χ0n) is 15.2. The number of anilines is 1. The summed E-state index contributed by atoms with van der Waals surface area (Å²) in [5.74, 6) is -0.474. The van der Waals surface area contributed by atoms with E-state index in [0.29, 0.717) is 0 Å². The molecule has 0 fully saturated rings. The summed E-state index contributed by atoms with van der Waals surface area (Å²) < 4.78 is 5.62. The van der Waals surface area contributed by atoms with Gasteiger partial charge in [0.15, 0.2) is 0 Å². The largest absolute Gasteiger partial charge is 0.464 e. The second-order valence-electron chi connectivity index (χ2n) is 6.52. The molecular formula is C21H22N2O3. The molecule has 0 radical (unpaired) electrons. The first-order valence-electron chi connectivity index (χ1n) is 8.53. The van der Waals surface area contributed by atoms with Crippen LogP contribution >= 0.6 is 0 Å². The first-order valence-corrected chi connectivity index (χ1v) is 8.53. The Hall–Kier alpha value is -3.08. The topological polar surface area (TPSA) is 71.3 Å². The minimum Gasteiger partial charge on any atom is -0.464 e. The molecule has 0 spiro atoms. The first-order chi connectivity index (χ1) is 12.4. The fourth-order valence-corrected chi connectivity index (χ4v) is 2.87. The summed E-state index contributed by atoms with van der Waals surface area (Å²) in [4.78, 5) is 24.2. The van der Waals surface area contributed by atoms with Crippen molar-refractivity contribution in [2.75, 3.05) is 11.9 Å². The summed E-state index contributed by atoms with van der Waals surface area (Å²) >= 11 is 0. The average molecular weight is 350 g/mol. The van der Waals surface area contributed by atoms with Gasteiger partial charge in [0.1, 0.15) is 5.58 Å². The Balaban J connectivity index is 1.58. The van der Waals surface area contributed by atoms with Gasteiger partial charge in [-0.1, -0.05) is 24.3 Å². The number of carbonyl (C=O) groups is 2. The molecule has 134 valence electrons. The number of hydrogen-bond acceptors (Lipinski definition) is 3. The fraction of sp³-hybridized carbons (Fsp3) is 0.238. The molecule has 2 amide bonds. The zero-order chi connectivity index (χ0) is 18.7. The maximum absolute atomic E-state index is 12.2. The molecule has 3 rings (SSSR count). The number of rotatable bonds is 5. The molecule has 2 N–H and O–H groups in total. The van der Waals surface area contributed by atoms with Crippen molar-refractivity contribution in [2.45, 2.75) is 27.2 Å². The van der Waals surface area contributed by atoms with Crippen LogP contribution in [-0.4, -0.2) is 18.4 Å². The Morgan fingerprint density at radius 2 is 1.85 bits per heavy atom. The number of carbonyl (C=O) groups excluding carboxylic acids is 2. The van der Waals surface area contributed by atoms with E-state index in [1.807, 2.05) is 57.2 Å². The van der Waals surface area contributed by atoms with Crippen molar-refractivity contribution in [2.24, 2.45) is 0 Å². The van der Waals surface area contributed by atoms with Crippen molar-refractivity contribution < 1.29 is 14.0 Å². The van der Waals surface area contributed by atoms with Crippen molar-refractivity contribution in [3.63, 3.8) is 0 Å². The van der Waals surface area contributed by atoms with E-state index in [1.165, 1.54) is 0 Å². The Bertz CT molecular complexity index is 973. The van der Waals surface area contributed by atoms with Gasteiger partial charge in [-0.15, -0.1) is 0 Å². The summed E-state index contributed by atoms with van der Waals surface area (Å²) in [5, 5.41) is 6.36. The minimum atomic E-state index is -0.257. The Kier molecular flexibility index (Phi) is 5.07. The van der Waals surface area contributed by atoms with Gasteiger partial charge in [0.25, 0.3) is 0 Å². The van der Waals surface area contributed by atoms with E-state index >= 15 is 0 Å². The molecule has 0 unspecified atom stereocenters. The lowest BCUT2D eigenvalue weighted by molar-refractivity contribution is -0.123. The highest BCUT2D eigenvalue weighted by Gasteiger charge is 2.13. The normalized spacial score (nSPS) is 10.7. The smallest absolute Gasteiger partial charge is 0.243 e. The maximum atomic E-state index is 12.2. The van der Waals surface area contributed by atoms with E-state index in [4.69, 9.17) is 4.42 Å². The van der Waals surface area contributed by atoms with Crippen molar-refractivity contribution in [3.8, 4) is 0 Å². The van der Waals surface area contributed by atoms with Crippen molar-refractivity contribution in [1.29, 1.82) is 0 Å². The summed E-state index contributed by atoms with van der Waals surface area (Å²) in [7, 11) is 0. The van der Waals surface area contributed by atoms with Gasteiger partial charge in [-0.3, -0.25) is 9.59 Å². The minimum absolute atomic E-state index is 0.0688. The molecular weight excluding hydrogens is 328 g/mol. The van der Waals surface area contributed by atoms with Crippen molar-refractivity contribution in [1.82, 2.24) is 5.32 Å². The highest BCUT2D eigenvalue weighted by Crippen LogP contribution is 2.26. The van der Waals surface area contributed by atoms with Crippen LogP contribution in [0.2, 0.25) is 0 Å². The maximum Gasteiger partial charge on any atom is 0.243 e. The Morgan fingerprint density at radius 1 is 1.04 bits per heavy atom. The van der Waals surface area contributed by atoms with Crippen LogP contribution < -0.4 is 10.6 Å². The second-order valence-corrected chi connectivity index (χ2v) is 6.52. The average Bonchev–Trinajstić information content (AvgIpc) is 3.00. The van der Waals surface area contributed by atoms with E-state index in [2.05, 4.69) is 10.6 Å². The van der Waals surface area contributed by atoms with Crippen LogP contribution in [0, 0.1) is 20.8 Å². The van der Waals surface area contributed by atoms with Crippen LogP contribution in [0.3, 0.4) is 0 Å². The van der Waals surface area contributed by atoms with Gasteiger partial charge in [-0.05, 0) is 49.6 Å². The molecule has 0 aliphatic carbocycles. The van der Waals surface area contributed by atoms with Gasteiger partial charge >= 0.3 is 0 Å². The molecule has 0 atom stereocenters. The predicted molar refractivity (Wildman–Crippen MR) is 102 cm³/mol. The zero-order valence-corrected chi connectivity index (χ0v) is 15.2. The van der Waals surface area contributed by atoms with Gasteiger partial charge in [-0.2, -0.15) is 0 Å². The lowest BCUT2D eigenvalue weighted by Gasteiger charge is -2.07. The van der Waals surface area contributed by atoms with Crippen LogP contribution in [0.5, 0.6) is 0 Å². The molecule has 3 aromatic rings. The quantitative estimate of drug-likeness (QED) is 0.738. The number of hydrogen-bond donors (Lipinski definition) is 2. The Morgan fingerprint density at radius 3 is 2.62 bits per heavy atom. The first kappa shape index (κ1) is 17.7. The van der Waals surface area contributed by atoms with E-state index in [1.54, 1.807) is 6.26 Å². The SMILES string of the molecule is Cc1cccc(NC(=O)CNC(=O)Cc2coc3c(C)c(C)ccc23)c1. The Labute approximate surface area is 152 Å². The third kappa shape index (κ3) is 3.94. The van der Waals surface area contributed by atoms with Gasteiger partial charge in [0, 0.05) is 16.6 Å². The summed E-state index contributed by atoms with van der Waals surface area (Å²) in [6, 6.07) is 11.5. The van der Waals surface area contributed by atoms with E-state index in [0.717, 1.165) is 38.9 Å². The summed E-state index contributed by atoms with van der Waals surface area (Å²) in [5.41, 5.74) is 5.63. The lowest BCUT2D eigenvalue weighted by Crippen LogP contribution is -2.33. The molecule has 26 heavy (non-hydrogen) atoms. The van der Waals surface area contributed by atoms with Crippen LogP contribution in [-0.2, 0) is 16.0 Å². The van der Waals surface area contributed by atoms with Gasteiger partial charge < -0.3 is 15.1 Å². The molecule has 1 heterocycles. The van der Waals surface area contributed by atoms with E-state index < -0.39 is 0 Å². The number of nitrogens with one attached hydrogen (secondary N) is 2. The number of amides is 2. The van der Waals surface area contributed by atoms with Crippen molar-refractivity contribution in [3.05, 3.63) is 64.9 Å². The standard InChI is InChI=1S/C21H22N2O3/c1-13-5-4-6-17(9-13)23-20(25)11-22-19(24)10-16-12-26-21-15(3)14(2)7-8-18(16)21/h4-9,12H,10-11H2,1-3H3,(H,22,24)(H,23,25). The second kappa shape index (κ2) is 7.44. The molecule has 5 heteroatoms. The molecule has 0 saturated heterocycles. The molecule has 0 aliphatic heterocycles. The van der Waals surface area contributed by atoms with Crippen LogP contribution in [0.1, 0.15) is 22.3 Å². The van der Waals surface area contributed by atoms with Gasteiger partial charge in [-0.25, -0.2) is 0 Å². The van der Waals surface area contributed by atoms with Crippen LogP contribution in [0.4, 0.5) is 5.69 Å². The molecule has 0 aliphatic rings. The summed E-state index contributed by atoms with van der Waals surface area (Å²) in [6.07, 6.45) is 1.79. The van der Waals surface area contributed by atoms with Crippen LogP contribution in [0.15, 0.2) is 47.1 Å². The third-order valence-electron chi connectivity index (χ3n) is 4.44. The van der Waals surface area contributed by atoms with E-state index in [-0.39, 0.29) is 24.8 Å². The summed E-state index contributed by atoms with van der Waals surface area (Å²) in [6.45, 7) is 5.91. The monoisotopic (exact) mass is 350 g/mol. The lowest BCUT2D eigenvalue weighted by atomic mass is 10.0. The van der Waals surface area contributed by atoms with Gasteiger partial charge in [0.05, 0.1) is 19.2 Å². The van der Waals surface area contributed by atoms with Crippen molar-refractivity contribution >= 4 is 28.5 Å². The van der Waals surface area contributed by atoms with E-state index in [9.17, 15) is 9.59 Å². The molecule has 2 aromatic carbocycles. The van der Waals surface area contributed by atoms with Crippen LogP contribution in [0.25, 0.3) is 11.0 Å². The molecule has 0 bridgehead atoms. The third-order valence-corrected chi connectivity index (χ3v) is 4.44. The fourth-order valence-electron chi connectivity index (χ4n) is 2.87. The number of benzene rings is 2. The highest BCUT2D eigenvalue weighted by atomic mass is 16.3. The molecule has 0 saturated carbocycles. The number of fused-ring (bicyclic) bond motifs is 1. The van der Waals surface area contributed by atoms with Gasteiger partial charge in [0.2, 0.25) is 11.8 Å². The number of aryl methyl sites for hydroxylation is 3. The predicted octanol–water partition coefficient (Wildman–Crippen LogP) is 3.66.